The number of amidine groups is 1. The number of rotatable bonds is 6. The number of carbonyl (C=O) groups is 2. The number of ether oxygens (including phenoxy) is 2. The van der Waals surface area contributed by atoms with Crippen LogP contribution in [-0.4, -0.2) is 30.7 Å². The minimum atomic E-state index is -0.576. The fourth-order valence-electron chi connectivity index (χ4n) is 2.29. The van der Waals surface area contributed by atoms with Gasteiger partial charge in [-0.25, -0.2) is 4.99 Å². The zero-order valence-corrected chi connectivity index (χ0v) is 15.3. The first-order chi connectivity index (χ1) is 13.0. The quantitative estimate of drug-likeness (QED) is 0.746. The van der Waals surface area contributed by atoms with E-state index in [2.05, 4.69) is 10.3 Å². The number of para-hydroxylation sites is 1. The molecule has 3 rings (SSSR count). The van der Waals surface area contributed by atoms with E-state index in [1.165, 1.54) is 18.9 Å². The Balaban J connectivity index is 1.79. The second kappa shape index (κ2) is 8.41. The summed E-state index contributed by atoms with van der Waals surface area (Å²) >= 11 is 1.26. The molecule has 8 heteroatoms. The van der Waals surface area contributed by atoms with Crippen LogP contribution in [0, 0.1) is 0 Å². The van der Waals surface area contributed by atoms with E-state index in [0.717, 1.165) is 11.3 Å². The number of aliphatic imine (C=N–C) groups is 1. The number of primary amides is 1. The maximum absolute atomic E-state index is 12.2. The number of amides is 2. The molecule has 7 nitrogen and oxygen atoms in total. The fraction of sp³-hybridized carbons (Fsp3) is 0.105. The summed E-state index contributed by atoms with van der Waals surface area (Å²) in [6.45, 7) is -0.242. The third kappa shape index (κ3) is 4.89. The van der Waals surface area contributed by atoms with Crippen LogP contribution in [0.1, 0.15) is 5.56 Å². The molecule has 2 aromatic carbocycles. The zero-order valence-electron chi connectivity index (χ0n) is 14.5. The lowest BCUT2D eigenvalue weighted by Gasteiger charge is -2.10. The van der Waals surface area contributed by atoms with E-state index >= 15 is 0 Å². The topological polar surface area (TPSA) is 103 Å². The lowest BCUT2D eigenvalue weighted by atomic mass is 10.2. The van der Waals surface area contributed by atoms with Crippen LogP contribution in [-0.2, 0) is 9.59 Å². The van der Waals surface area contributed by atoms with Crippen molar-refractivity contribution in [3.63, 3.8) is 0 Å². The van der Waals surface area contributed by atoms with Crippen molar-refractivity contribution in [2.75, 3.05) is 13.7 Å². The molecule has 2 aromatic rings. The summed E-state index contributed by atoms with van der Waals surface area (Å²) in [6.07, 6.45) is 1.73. The summed E-state index contributed by atoms with van der Waals surface area (Å²) in [5.74, 6) is 0.0377. The highest BCUT2D eigenvalue weighted by Crippen LogP contribution is 2.32. The van der Waals surface area contributed by atoms with Gasteiger partial charge in [-0.15, -0.1) is 0 Å². The maximum Gasteiger partial charge on any atom is 0.264 e. The SMILES string of the molecule is COc1cc(/C=C2\SC(=Nc3ccccc3)NC2=O)ccc1OCC(N)=O. The van der Waals surface area contributed by atoms with Crippen molar-refractivity contribution in [3.05, 3.63) is 59.0 Å². The first-order valence-corrected chi connectivity index (χ1v) is 8.80. The number of hydrogen-bond acceptors (Lipinski definition) is 6. The highest BCUT2D eigenvalue weighted by molar-refractivity contribution is 8.18. The summed E-state index contributed by atoms with van der Waals surface area (Å²) in [6, 6.07) is 14.5. The Bertz CT molecular complexity index is 926. The fourth-order valence-corrected chi connectivity index (χ4v) is 3.14. The maximum atomic E-state index is 12.2. The van der Waals surface area contributed by atoms with Crippen molar-refractivity contribution in [3.8, 4) is 11.5 Å². The van der Waals surface area contributed by atoms with Gasteiger partial charge in [-0.3, -0.25) is 9.59 Å². The Kier molecular flexibility index (Phi) is 5.77. The number of nitrogens with one attached hydrogen (secondary N) is 1. The molecule has 0 spiro atoms. The van der Waals surface area contributed by atoms with E-state index in [-0.39, 0.29) is 12.5 Å². The Hall–Kier alpha value is -3.26. The molecule has 3 N–H and O–H groups in total. The van der Waals surface area contributed by atoms with E-state index < -0.39 is 5.91 Å². The van der Waals surface area contributed by atoms with Crippen LogP contribution >= 0.6 is 11.8 Å². The Morgan fingerprint density at radius 1 is 1.22 bits per heavy atom. The predicted molar refractivity (Wildman–Crippen MR) is 105 cm³/mol. The molecular formula is C19H17N3O4S. The van der Waals surface area contributed by atoms with E-state index in [1.807, 2.05) is 30.3 Å². The van der Waals surface area contributed by atoms with Crippen LogP contribution in [0.15, 0.2) is 58.4 Å². The summed E-state index contributed by atoms with van der Waals surface area (Å²) in [5, 5.41) is 3.26. The number of nitrogens with zero attached hydrogens (tertiary/aromatic N) is 1. The zero-order chi connectivity index (χ0) is 19.2. The number of hydrogen-bond donors (Lipinski definition) is 2. The molecule has 0 saturated carbocycles. The molecule has 0 atom stereocenters. The van der Waals surface area contributed by atoms with Gasteiger partial charge in [-0.1, -0.05) is 24.3 Å². The van der Waals surface area contributed by atoms with Gasteiger partial charge < -0.3 is 20.5 Å². The smallest absolute Gasteiger partial charge is 0.264 e. The minimum Gasteiger partial charge on any atom is -0.493 e. The van der Waals surface area contributed by atoms with Gasteiger partial charge in [0.15, 0.2) is 23.3 Å². The summed E-state index contributed by atoms with van der Waals surface area (Å²) in [7, 11) is 1.49. The normalized spacial score (nSPS) is 16.4. The van der Waals surface area contributed by atoms with Crippen molar-refractivity contribution in [2.24, 2.45) is 10.7 Å². The molecule has 1 aliphatic heterocycles. The van der Waals surface area contributed by atoms with Crippen molar-refractivity contribution in [1.29, 1.82) is 0 Å². The van der Waals surface area contributed by atoms with Crippen LogP contribution in [0.25, 0.3) is 6.08 Å². The van der Waals surface area contributed by atoms with Crippen molar-refractivity contribution >= 4 is 40.5 Å². The van der Waals surface area contributed by atoms with Crippen molar-refractivity contribution in [2.45, 2.75) is 0 Å². The first-order valence-electron chi connectivity index (χ1n) is 7.99. The molecule has 0 bridgehead atoms. The third-order valence-corrected chi connectivity index (χ3v) is 4.40. The molecule has 0 radical (unpaired) electrons. The predicted octanol–water partition coefficient (Wildman–Crippen LogP) is 2.45. The Labute approximate surface area is 160 Å². The van der Waals surface area contributed by atoms with E-state index in [9.17, 15) is 9.59 Å². The van der Waals surface area contributed by atoms with Crippen LogP contribution in [0.3, 0.4) is 0 Å². The first kappa shape index (κ1) is 18.5. The second-order valence-electron chi connectivity index (χ2n) is 5.48. The number of nitrogens with two attached hydrogens (primary N) is 1. The monoisotopic (exact) mass is 383 g/mol. The number of carbonyl (C=O) groups excluding carboxylic acids is 2. The lowest BCUT2D eigenvalue weighted by molar-refractivity contribution is -0.120. The highest BCUT2D eigenvalue weighted by atomic mass is 32.2. The van der Waals surface area contributed by atoms with Crippen LogP contribution in [0.2, 0.25) is 0 Å². The highest BCUT2D eigenvalue weighted by Gasteiger charge is 2.24. The van der Waals surface area contributed by atoms with Crippen LogP contribution < -0.4 is 20.5 Å². The average Bonchev–Trinajstić information content (AvgIpc) is 3.00. The van der Waals surface area contributed by atoms with Gasteiger partial charge in [0, 0.05) is 0 Å². The van der Waals surface area contributed by atoms with Crippen LogP contribution in [0.4, 0.5) is 5.69 Å². The molecule has 27 heavy (non-hydrogen) atoms. The van der Waals surface area contributed by atoms with E-state index in [1.54, 1.807) is 24.3 Å². The number of methoxy groups -OCH3 is 1. The van der Waals surface area contributed by atoms with Crippen LogP contribution in [0.5, 0.6) is 11.5 Å². The second-order valence-corrected chi connectivity index (χ2v) is 6.51. The third-order valence-electron chi connectivity index (χ3n) is 3.49. The summed E-state index contributed by atoms with van der Waals surface area (Å²) in [4.78, 5) is 28.0. The summed E-state index contributed by atoms with van der Waals surface area (Å²) in [5.41, 5.74) is 6.59. The molecule has 1 saturated heterocycles. The van der Waals surface area contributed by atoms with Gasteiger partial charge >= 0.3 is 0 Å². The largest absolute Gasteiger partial charge is 0.493 e. The molecule has 1 aliphatic rings. The molecule has 1 heterocycles. The number of benzene rings is 2. The Morgan fingerprint density at radius 3 is 2.70 bits per heavy atom. The minimum absolute atomic E-state index is 0.220. The lowest BCUT2D eigenvalue weighted by Crippen LogP contribution is -2.20. The average molecular weight is 383 g/mol. The van der Waals surface area contributed by atoms with Gasteiger partial charge in [-0.05, 0) is 47.7 Å². The molecule has 0 aromatic heterocycles. The van der Waals surface area contributed by atoms with Gasteiger partial charge in [0.25, 0.3) is 11.8 Å². The Morgan fingerprint density at radius 2 is 2.00 bits per heavy atom. The molecule has 1 fully saturated rings. The van der Waals surface area contributed by atoms with E-state index in [0.29, 0.717) is 21.6 Å². The molecule has 138 valence electrons. The van der Waals surface area contributed by atoms with Gasteiger partial charge in [-0.2, -0.15) is 0 Å². The van der Waals surface area contributed by atoms with Gasteiger partial charge in [0.2, 0.25) is 0 Å². The number of thioether (sulfide) groups is 1. The van der Waals surface area contributed by atoms with Gasteiger partial charge in [0.1, 0.15) is 0 Å². The van der Waals surface area contributed by atoms with E-state index in [4.69, 9.17) is 15.2 Å². The molecule has 0 unspecified atom stereocenters. The molecule has 2 amide bonds. The van der Waals surface area contributed by atoms with Gasteiger partial charge in [0.05, 0.1) is 17.7 Å². The molecule has 0 aliphatic carbocycles. The molecular weight excluding hydrogens is 366 g/mol. The van der Waals surface area contributed by atoms with Crippen molar-refractivity contribution < 1.29 is 19.1 Å². The standard InChI is InChI=1S/C19H17N3O4S/c1-25-15-9-12(7-8-14(15)26-11-17(20)23)10-16-18(24)22-19(27-16)21-13-5-3-2-4-6-13/h2-10H,11H2,1H3,(H2,20,23)(H,21,22,24)/b16-10-. The summed E-state index contributed by atoms with van der Waals surface area (Å²) < 4.78 is 10.6. The van der Waals surface area contributed by atoms with Crippen molar-refractivity contribution in [1.82, 2.24) is 5.32 Å².